The van der Waals surface area contributed by atoms with Crippen molar-refractivity contribution < 1.29 is 4.74 Å². The van der Waals surface area contributed by atoms with E-state index in [0.717, 1.165) is 38.7 Å². The van der Waals surface area contributed by atoms with Crippen LogP contribution in [0, 0.1) is 0 Å². The van der Waals surface area contributed by atoms with E-state index in [2.05, 4.69) is 44.5 Å². The second-order valence-corrected chi connectivity index (χ2v) is 5.58. The predicted molar refractivity (Wildman–Crippen MR) is 101 cm³/mol. The highest BCUT2D eigenvalue weighted by molar-refractivity contribution is 14.0. The Kier molecular flexibility index (Phi) is 9.02. The molecule has 0 saturated carbocycles. The monoisotopic (exact) mass is 424 g/mol. The molecule has 0 aliphatic carbocycles. The van der Waals surface area contributed by atoms with Gasteiger partial charge >= 0.3 is 0 Å². The van der Waals surface area contributed by atoms with Crippen LogP contribution in [0.3, 0.4) is 0 Å². The van der Waals surface area contributed by atoms with Gasteiger partial charge in [0, 0.05) is 39.8 Å². The summed E-state index contributed by atoms with van der Waals surface area (Å²) in [4.78, 5) is 9.39. The molecule has 0 spiro atoms. The first kappa shape index (κ1) is 18.5. The minimum absolute atomic E-state index is 0. The van der Waals surface area contributed by atoms with E-state index in [-0.39, 0.29) is 24.0 Å². The fourth-order valence-electron chi connectivity index (χ4n) is 2.26. The quantitative estimate of drug-likeness (QED) is 0.340. The van der Waals surface area contributed by atoms with E-state index in [9.17, 15) is 0 Å². The normalized spacial score (nSPS) is 15.8. The van der Waals surface area contributed by atoms with E-state index in [4.69, 9.17) is 4.74 Å². The van der Waals surface area contributed by atoms with Crippen molar-refractivity contribution in [2.24, 2.45) is 4.99 Å². The Hall–Kier alpha value is -0.540. The Labute approximate surface area is 148 Å². The molecule has 120 valence electrons. The molecular weight excluding hydrogens is 399 g/mol. The van der Waals surface area contributed by atoms with Gasteiger partial charge in [-0.1, -0.05) is 0 Å². The third-order valence-electron chi connectivity index (χ3n) is 3.29. The molecule has 1 saturated heterocycles. The maximum Gasteiger partial charge on any atom is 0.194 e. The molecule has 0 bridgehead atoms. The standard InChI is InChI=1S/C14H24N4OS.HI/c1-3-15-14(16-6-11-19-2)18-9-7-17(8-10-18)13-5-4-12-20-13;/h4-5,12H,3,6-11H2,1-2H3,(H,15,16);1H. The number of guanidine groups is 1. The highest BCUT2D eigenvalue weighted by Crippen LogP contribution is 2.22. The predicted octanol–water partition coefficient (Wildman–Crippen LogP) is 2.10. The SMILES string of the molecule is CCNC(=NCCOC)N1CCN(c2cccs2)CC1.I. The second kappa shape index (κ2) is 10.2. The largest absolute Gasteiger partial charge is 0.383 e. The molecule has 7 heteroatoms. The van der Waals surface area contributed by atoms with Gasteiger partial charge in [0.2, 0.25) is 0 Å². The molecule has 0 radical (unpaired) electrons. The lowest BCUT2D eigenvalue weighted by Crippen LogP contribution is -2.52. The van der Waals surface area contributed by atoms with Crippen LogP contribution in [0.5, 0.6) is 0 Å². The van der Waals surface area contributed by atoms with Crippen LogP contribution in [0.25, 0.3) is 0 Å². The first-order chi connectivity index (χ1) is 9.85. The summed E-state index contributed by atoms with van der Waals surface area (Å²) in [6.07, 6.45) is 0. The first-order valence-corrected chi connectivity index (χ1v) is 8.03. The Morgan fingerprint density at radius 2 is 2.14 bits per heavy atom. The zero-order valence-corrected chi connectivity index (χ0v) is 15.9. The number of aliphatic imine (C=N–C) groups is 1. The number of methoxy groups -OCH3 is 1. The van der Waals surface area contributed by atoms with E-state index >= 15 is 0 Å². The molecule has 21 heavy (non-hydrogen) atoms. The van der Waals surface area contributed by atoms with Gasteiger partial charge in [-0.25, -0.2) is 0 Å². The number of ether oxygens (including phenoxy) is 1. The molecule has 1 aliphatic heterocycles. The number of hydrogen-bond donors (Lipinski definition) is 1. The van der Waals surface area contributed by atoms with Crippen LogP contribution in [0.4, 0.5) is 5.00 Å². The molecule has 1 N–H and O–H groups in total. The number of thiophene rings is 1. The fourth-order valence-corrected chi connectivity index (χ4v) is 3.04. The molecule has 2 heterocycles. The Balaban J connectivity index is 0.00000220. The highest BCUT2D eigenvalue weighted by atomic mass is 127. The van der Waals surface area contributed by atoms with Crippen molar-refractivity contribution in [3.8, 4) is 0 Å². The van der Waals surface area contributed by atoms with Crippen LogP contribution >= 0.6 is 35.3 Å². The number of piperazine rings is 1. The molecule has 5 nitrogen and oxygen atoms in total. The minimum atomic E-state index is 0. The van der Waals surface area contributed by atoms with Crippen molar-refractivity contribution >= 4 is 46.3 Å². The van der Waals surface area contributed by atoms with Crippen molar-refractivity contribution in [2.75, 3.05) is 57.9 Å². The summed E-state index contributed by atoms with van der Waals surface area (Å²) in [7, 11) is 1.71. The van der Waals surface area contributed by atoms with Crippen molar-refractivity contribution in [1.29, 1.82) is 0 Å². The van der Waals surface area contributed by atoms with Crippen LogP contribution < -0.4 is 10.2 Å². The van der Waals surface area contributed by atoms with Crippen molar-refractivity contribution in [1.82, 2.24) is 10.2 Å². The van der Waals surface area contributed by atoms with E-state index < -0.39 is 0 Å². The lowest BCUT2D eigenvalue weighted by molar-refractivity contribution is 0.207. The lowest BCUT2D eigenvalue weighted by atomic mass is 10.3. The van der Waals surface area contributed by atoms with Crippen molar-refractivity contribution in [3.63, 3.8) is 0 Å². The summed E-state index contributed by atoms with van der Waals surface area (Å²) in [5.74, 6) is 1.01. The summed E-state index contributed by atoms with van der Waals surface area (Å²) < 4.78 is 5.06. The number of nitrogens with zero attached hydrogens (tertiary/aromatic N) is 3. The first-order valence-electron chi connectivity index (χ1n) is 7.15. The van der Waals surface area contributed by atoms with Crippen LogP contribution in [-0.4, -0.2) is 63.8 Å². The van der Waals surface area contributed by atoms with Gasteiger partial charge in [0.05, 0.1) is 18.2 Å². The highest BCUT2D eigenvalue weighted by Gasteiger charge is 2.19. The minimum Gasteiger partial charge on any atom is -0.383 e. The van der Waals surface area contributed by atoms with E-state index in [1.165, 1.54) is 5.00 Å². The average Bonchev–Trinajstić information content (AvgIpc) is 3.01. The van der Waals surface area contributed by atoms with Gasteiger partial charge < -0.3 is 19.9 Å². The maximum absolute atomic E-state index is 5.06. The molecule has 1 aromatic heterocycles. The molecule has 0 atom stereocenters. The third kappa shape index (κ3) is 5.63. The fraction of sp³-hybridized carbons (Fsp3) is 0.643. The van der Waals surface area contributed by atoms with Crippen LogP contribution in [-0.2, 0) is 4.74 Å². The van der Waals surface area contributed by atoms with E-state index in [1.54, 1.807) is 7.11 Å². The zero-order valence-electron chi connectivity index (χ0n) is 12.7. The third-order valence-corrected chi connectivity index (χ3v) is 4.22. The number of rotatable bonds is 5. The Morgan fingerprint density at radius 3 is 2.71 bits per heavy atom. The van der Waals surface area contributed by atoms with Gasteiger partial charge in [0.15, 0.2) is 5.96 Å². The molecular formula is C14H25IN4OS. The number of halogens is 1. The maximum atomic E-state index is 5.06. The molecule has 2 rings (SSSR count). The van der Waals surface area contributed by atoms with E-state index in [1.807, 2.05) is 11.3 Å². The van der Waals surface area contributed by atoms with Gasteiger partial charge in [-0.2, -0.15) is 0 Å². The lowest BCUT2D eigenvalue weighted by Gasteiger charge is -2.37. The molecule has 0 amide bonds. The molecule has 0 unspecified atom stereocenters. The summed E-state index contributed by atoms with van der Waals surface area (Å²) in [6.45, 7) is 8.51. The second-order valence-electron chi connectivity index (χ2n) is 4.65. The number of nitrogens with one attached hydrogen (secondary N) is 1. The molecule has 1 aliphatic rings. The zero-order chi connectivity index (χ0) is 14.2. The van der Waals surface area contributed by atoms with Crippen molar-refractivity contribution in [3.05, 3.63) is 17.5 Å². The summed E-state index contributed by atoms with van der Waals surface area (Å²) in [6, 6.07) is 4.31. The van der Waals surface area contributed by atoms with Crippen molar-refractivity contribution in [2.45, 2.75) is 6.92 Å². The van der Waals surface area contributed by atoms with Crippen LogP contribution in [0.2, 0.25) is 0 Å². The van der Waals surface area contributed by atoms with Gasteiger partial charge in [-0.15, -0.1) is 35.3 Å². The summed E-state index contributed by atoms with van der Waals surface area (Å²) >= 11 is 1.81. The topological polar surface area (TPSA) is 40.1 Å². The number of anilines is 1. The summed E-state index contributed by atoms with van der Waals surface area (Å²) in [5, 5.41) is 6.87. The smallest absolute Gasteiger partial charge is 0.194 e. The molecule has 1 fully saturated rings. The Morgan fingerprint density at radius 1 is 1.38 bits per heavy atom. The van der Waals surface area contributed by atoms with Gasteiger partial charge in [0.1, 0.15) is 0 Å². The van der Waals surface area contributed by atoms with Gasteiger partial charge in [-0.05, 0) is 24.4 Å². The van der Waals surface area contributed by atoms with Gasteiger partial charge in [0.25, 0.3) is 0 Å². The number of hydrogen-bond acceptors (Lipinski definition) is 4. The van der Waals surface area contributed by atoms with Crippen LogP contribution in [0.15, 0.2) is 22.5 Å². The average molecular weight is 424 g/mol. The Bertz CT molecular complexity index is 405. The van der Waals surface area contributed by atoms with E-state index in [0.29, 0.717) is 13.2 Å². The van der Waals surface area contributed by atoms with Crippen LogP contribution in [0.1, 0.15) is 6.92 Å². The molecule has 0 aromatic carbocycles. The molecule has 1 aromatic rings. The summed E-state index contributed by atoms with van der Waals surface area (Å²) in [5.41, 5.74) is 0. The van der Waals surface area contributed by atoms with Gasteiger partial charge in [-0.3, -0.25) is 4.99 Å².